The van der Waals surface area contributed by atoms with Gasteiger partial charge in [-0.1, -0.05) is 17.7 Å². The van der Waals surface area contributed by atoms with Crippen LogP contribution in [0, 0.1) is 6.92 Å². The van der Waals surface area contributed by atoms with E-state index in [-0.39, 0.29) is 11.5 Å². The fourth-order valence-electron chi connectivity index (χ4n) is 1.53. The monoisotopic (exact) mass is 254 g/mol. The van der Waals surface area contributed by atoms with Crippen LogP contribution in [0.5, 0.6) is 0 Å². The smallest absolute Gasteiger partial charge is 0.178 e. The maximum atomic E-state index is 11.9. The molecule has 1 aromatic carbocycles. The largest absolute Gasteiger partial charge is 0.300 e. The molecule has 0 aromatic heterocycles. The first-order chi connectivity index (χ1) is 7.92. The van der Waals surface area contributed by atoms with Gasteiger partial charge in [-0.2, -0.15) is 0 Å². The third-order valence-electron chi connectivity index (χ3n) is 2.57. The average Bonchev–Trinajstić information content (AvgIpc) is 2.25. The predicted molar refractivity (Wildman–Crippen MR) is 67.8 cm³/mol. The Morgan fingerprint density at radius 2 is 1.71 bits per heavy atom. The lowest BCUT2D eigenvalue weighted by Gasteiger charge is -2.04. The Balaban J connectivity index is 2.57. The molecule has 3 nitrogen and oxygen atoms in total. The number of carbonyl (C=O) groups is 1. The number of unbranched alkanes of at least 4 members (excludes halogenated alkanes) is 1. The van der Waals surface area contributed by atoms with Gasteiger partial charge in [0, 0.05) is 6.42 Å². The fourth-order valence-corrected chi connectivity index (χ4v) is 2.90. The molecule has 0 fully saturated rings. The molecule has 0 aliphatic carbocycles. The summed E-state index contributed by atoms with van der Waals surface area (Å²) in [4.78, 5) is 11.1. The Morgan fingerprint density at radius 3 is 2.24 bits per heavy atom. The van der Waals surface area contributed by atoms with Crippen LogP contribution in [0.15, 0.2) is 29.2 Å². The van der Waals surface area contributed by atoms with E-state index in [0.29, 0.717) is 24.2 Å². The SMILES string of the molecule is CC(=O)CCCCS(=O)(=O)c1ccc(C)cc1. The normalized spacial score (nSPS) is 11.4. The maximum Gasteiger partial charge on any atom is 0.178 e. The van der Waals surface area contributed by atoms with Crippen LogP contribution < -0.4 is 0 Å². The van der Waals surface area contributed by atoms with Crippen LogP contribution in [-0.2, 0) is 14.6 Å². The molecule has 0 spiro atoms. The van der Waals surface area contributed by atoms with E-state index in [1.54, 1.807) is 24.3 Å². The van der Waals surface area contributed by atoms with E-state index in [1.807, 2.05) is 6.92 Å². The molecule has 0 atom stereocenters. The Labute approximate surface area is 103 Å². The standard InChI is InChI=1S/C13H18O3S/c1-11-6-8-13(9-7-11)17(15,16)10-4-3-5-12(2)14/h6-9H,3-5,10H2,1-2H3. The average molecular weight is 254 g/mol. The summed E-state index contributed by atoms with van der Waals surface area (Å²) in [6.07, 6.45) is 1.64. The number of aryl methyl sites for hydroxylation is 1. The lowest BCUT2D eigenvalue weighted by Crippen LogP contribution is -2.07. The van der Waals surface area contributed by atoms with Crippen LogP contribution in [-0.4, -0.2) is 20.0 Å². The van der Waals surface area contributed by atoms with Gasteiger partial charge in [-0.15, -0.1) is 0 Å². The lowest BCUT2D eigenvalue weighted by atomic mass is 10.2. The number of hydrogen-bond acceptors (Lipinski definition) is 3. The summed E-state index contributed by atoms with van der Waals surface area (Å²) < 4.78 is 23.8. The highest BCUT2D eigenvalue weighted by Crippen LogP contribution is 2.14. The van der Waals surface area contributed by atoms with Crippen molar-refractivity contribution in [3.05, 3.63) is 29.8 Å². The molecule has 0 N–H and O–H groups in total. The highest BCUT2D eigenvalue weighted by molar-refractivity contribution is 7.91. The van der Waals surface area contributed by atoms with Crippen molar-refractivity contribution >= 4 is 15.6 Å². The summed E-state index contributed by atoms with van der Waals surface area (Å²) in [5, 5.41) is 0. The van der Waals surface area contributed by atoms with Gasteiger partial charge in [0.1, 0.15) is 5.78 Å². The number of sulfone groups is 1. The first kappa shape index (κ1) is 13.9. The second-order valence-corrected chi connectivity index (χ2v) is 6.40. The molecule has 0 heterocycles. The lowest BCUT2D eigenvalue weighted by molar-refractivity contribution is -0.117. The molecule has 17 heavy (non-hydrogen) atoms. The van der Waals surface area contributed by atoms with Crippen molar-refractivity contribution in [1.82, 2.24) is 0 Å². The van der Waals surface area contributed by atoms with Gasteiger partial charge < -0.3 is 4.79 Å². The summed E-state index contributed by atoms with van der Waals surface area (Å²) in [5.41, 5.74) is 1.04. The molecular formula is C13H18O3S. The molecule has 0 aliphatic heterocycles. The van der Waals surface area contributed by atoms with E-state index in [1.165, 1.54) is 6.92 Å². The van der Waals surface area contributed by atoms with E-state index in [0.717, 1.165) is 5.56 Å². The summed E-state index contributed by atoms with van der Waals surface area (Å²) in [5.74, 6) is 0.223. The minimum Gasteiger partial charge on any atom is -0.300 e. The molecule has 0 saturated carbocycles. The van der Waals surface area contributed by atoms with Gasteiger partial charge in [0.2, 0.25) is 0 Å². The van der Waals surface area contributed by atoms with Gasteiger partial charge in [0.05, 0.1) is 10.6 Å². The molecule has 1 aromatic rings. The molecular weight excluding hydrogens is 236 g/mol. The zero-order chi connectivity index (χ0) is 12.9. The van der Waals surface area contributed by atoms with Crippen LogP contribution in [0.2, 0.25) is 0 Å². The quantitative estimate of drug-likeness (QED) is 0.733. The minimum atomic E-state index is -3.19. The van der Waals surface area contributed by atoms with Crippen LogP contribution in [0.3, 0.4) is 0 Å². The molecule has 0 amide bonds. The first-order valence-corrected chi connectivity index (χ1v) is 7.36. The molecule has 94 valence electrons. The summed E-state index contributed by atoms with van der Waals surface area (Å²) in [6, 6.07) is 6.86. The molecule has 0 unspecified atom stereocenters. The number of carbonyl (C=O) groups excluding carboxylic acids is 1. The Bertz CT molecular complexity index is 472. The van der Waals surface area contributed by atoms with Crippen LogP contribution >= 0.6 is 0 Å². The summed E-state index contributed by atoms with van der Waals surface area (Å²) >= 11 is 0. The van der Waals surface area contributed by atoms with Crippen molar-refractivity contribution in [2.24, 2.45) is 0 Å². The fraction of sp³-hybridized carbons (Fsp3) is 0.462. The van der Waals surface area contributed by atoms with E-state index in [9.17, 15) is 13.2 Å². The predicted octanol–water partition coefficient (Wildman–Crippen LogP) is 2.53. The van der Waals surface area contributed by atoms with E-state index in [4.69, 9.17) is 0 Å². The molecule has 0 aliphatic rings. The van der Waals surface area contributed by atoms with E-state index < -0.39 is 9.84 Å². The van der Waals surface area contributed by atoms with Crippen molar-refractivity contribution in [1.29, 1.82) is 0 Å². The van der Waals surface area contributed by atoms with Crippen molar-refractivity contribution in [3.8, 4) is 0 Å². The molecule has 0 radical (unpaired) electrons. The number of rotatable bonds is 6. The van der Waals surface area contributed by atoms with Gasteiger partial charge in [0.15, 0.2) is 9.84 Å². The van der Waals surface area contributed by atoms with Crippen LogP contribution in [0.25, 0.3) is 0 Å². The van der Waals surface area contributed by atoms with E-state index in [2.05, 4.69) is 0 Å². The van der Waals surface area contributed by atoms with Crippen molar-refractivity contribution in [2.45, 2.75) is 38.0 Å². The number of Topliss-reactive ketones (excluding diaryl/α,β-unsaturated/α-hetero) is 1. The summed E-state index contributed by atoms with van der Waals surface area (Å²) in [7, 11) is -3.19. The highest BCUT2D eigenvalue weighted by atomic mass is 32.2. The molecule has 4 heteroatoms. The number of ketones is 1. The highest BCUT2D eigenvalue weighted by Gasteiger charge is 2.13. The third-order valence-corrected chi connectivity index (χ3v) is 4.39. The topological polar surface area (TPSA) is 51.2 Å². The van der Waals surface area contributed by atoms with E-state index >= 15 is 0 Å². The van der Waals surface area contributed by atoms with Crippen molar-refractivity contribution in [3.63, 3.8) is 0 Å². The minimum absolute atomic E-state index is 0.109. The zero-order valence-corrected chi connectivity index (χ0v) is 11.1. The Morgan fingerprint density at radius 1 is 1.12 bits per heavy atom. The third kappa shape index (κ3) is 4.69. The van der Waals surface area contributed by atoms with Crippen molar-refractivity contribution in [2.75, 3.05) is 5.75 Å². The molecule has 0 bridgehead atoms. The summed E-state index contributed by atoms with van der Waals surface area (Å²) in [6.45, 7) is 3.44. The first-order valence-electron chi connectivity index (χ1n) is 5.71. The van der Waals surface area contributed by atoms with Gasteiger partial charge in [0.25, 0.3) is 0 Å². The number of benzene rings is 1. The van der Waals surface area contributed by atoms with Gasteiger partial charge >= 0.3 is 0 Å². The van der Waals surface area contributed by atoms with Crippen LogP contribution in [0.1, 0.15) is 31.7 Å². The Kier molecular flexibility index (Phi) is 4.87. The van der Waals surface area contributed by atoms with Gasteiger partial charge in [-0.3, -0.25) is 0 Å². The van der Waals surface area contributed by atoms with Crippen LogP contribution in [0.4, 0.5) is 0 Å². The Hall–Kier alpha value is -1.16. The van der Waals surface area contributed by atoms with Gasteiger partial charge in [-0.25, -0.2) is 8.42 Å². The molecule has 0 saturated heterocycles. The zero-order valence-electron chi connectivity index (χ0n) is 10.3. The number of hydrogen-bond donors (Lipinski definition) is 0. The van der Waals surface area contributed by atoms with Gasteiger partial charge in [-0.05, 0) is 38.8 Å². The maximum absolute atomic E-state index is 11.9. The van der Waals surface area contributed by atoms with Crippen molar-refractivity contribution < 1.29 is 13.2 Å². The second-order valence-electron chi connectivity index (χ2n) is 4.29. The molecule has 1 rings (SSSR count). The second kappa shape index (κ2) is 5.96.